The minimum Gasteiger partial charge on any atom is -0.444 e. The second-order valence-electron chi connectivity index (χ2n) is 8.10. The number of unbranched alkanes of at least 4 members (excludes halogenated alkanes) is 3. The van der Waals surface area contributed by atoms with Gasteiger partial charge >= 0.3 is 11.7 Å². The van der Waals surface area contributed by atoms with E-state index in [2.05, 4.69) is 10.6 Å². The summed E-state index contributed by atoms with van der Waals surface area (Å²) in [4.78, 5) is 35.1. The molecule has 0 aliphatic heterocycles. The van der Waals surface area contributed by atoms with Gasteiger partial charge in [0.05, 0.1) is 0 Å². The Balaban J connectivity index is 1.66. The molecule has 0 aliphatic carbocycles. The van der Waals surface area contributed by atoms with Crippen molar-refractivity contribution in [2.75, 3.05) is 11.9 Å². The van der Waals surface area contributed by atoms with Crippen LogP contribution in [0.4, 0.5) is 10.5 Å². The van der Waals surface area contributed by atoms with Gasteiger partial charge in [0, 0.05) is 36.2 Å². The summed E-state index contributed by atoms with van der Waals surface area (Å²) < 4.78 is 10.4. The Labute approximate surface area is 170 Å². The smallest absolute Gasteiger partial charge is 0.407 e. The van der Waals surface area contributed by atoms with Gasteiger partial charge in [-0.05, 0) is 58.2 Å². The molecule has 0 saturated heterocycles. The zero-order valence-electron chi connectivity index (χ0n) is 17.6. The summed E-state index contributed by atoms with van der Waals surface area (Å²) in [7, 11) is 0. The third-order valence-electron chi connectivity index (χ3n) is 4.23. The number of rotatable bonds is 8. The molecule has 1 aromatic heterocycles. The Morgan fingerprint density at radius 2 is 1.79 bits per heavy atom. The molecule has 0 radical (unpaired) electrons. The lowest BCUT2D eigenvalue weighted by Crippen LogP contribution is -2.32. The molecule has 2 aromatic rings. The van der Waals surface area contributed by atoms with Gasteiger partial charge < -0.3 is 19.8 Å². The summed E-state index contributed by atoms with van der Waals surface area (Å²) >= 11 is 0. The quantitative estimate of drug-likeness (QED) is 0.500. The number of anilines is 1. The van der Waals surface area contributed by atoms with Crippen LogP contribution in [0.2, 0.25) is 0 Å². The summed E-state index contributed by atoms with van der Waals surface area (Å²) in [6.45, 7) is 7.88. The first-order valence-corrected chi connectivity index (χ1v) is 9.95. The highest BCUT2D eigenvalue weighted by atomic mass is 16.6. The first-order chi connectivity index (χ1) is 13.6. The summed E-state index contributed by atoms with van der Waals surface area (Å²) in [5, 5.41) is 6.41. The molecular formula is C22H30N2O5. The van der Waals surface area contributed by atoms with Gasteiger partial charge in [0.15, 0.2) is 0 Å². The number of ether oxygens (including phenoxy) is 1. The van der Waals surface area contributed by atoms with Gasteiger partial charge in [-0.3, -0.25) is 4.79 Å². The maximum absolute atomic E-state index is 12.1. The van der Waals surface area contributed by atoms with Crippen LogP contribution in [0.15, 0.2) is 33.5 Å². The van der Waals surface area contributed by atoms with E-state index < -0.39 is 17.3 Å². The van der Waals surface area contributed by atoms with E-state index >= 15 is 0 Å². The van der Waals surface area contributed by atoms with E-state index in [0.29, 0.717) is 24.2 Å². The second kappa shape index (κ2) is 10.1. The van der Waals surface area contributed by atoms with Gasteiger partial charge in [-0.15, -0.1) is 0 Å². The zero-order chi connectivity index (χ0) is 21.4. The Morgan fingerprint density at radius 3 is 2.52 bits per heavy atom. The molecular weight excluding hydrogens is 372 g/mol. The normalized spacial score (nSPS) is 11.3. The number of nitrogens with one attached hydrogen (secondary N) is 2. The highest BCUT2D eigenvalue weighted by molar-refractivity contribution is 5.93. The van der Waals surface area contributed by atoms with Crippen molar-refractivity contribution >= 4 is 28.7 Å². The van der Waals surface area contributed by atoms with Gasteiger partial charge in [0.2, 0.25) is 5.91 Å². The summed E-state index contributed by atoms with van der Waals surface area (Å²) in [6, 6.07) is 6.75. The Morgan fingerprint density at radius 1 is 1.07 bits per heavy atom. The number of amides is 2. The predicted octanol–water partition coefficient (Wildman–Crippen LogP) is 4.52. The van der Waals surface area contributed by atoms with E-state index in [1.54, 1.807) is 12.1 Å². The molecule has 2 rings (SSSR count). The van der Waals surface area contributed by atoms with Crippen LogP contribution in [0, 0.1) is 6.92 Å². The molecule has 2 amide bonds. The number of fused-ring (bicyclic) bond motifs is 1. The minimum absolute atomic E-state index is 0.0776. The highest BCUT2D eigenvalue weighted by Crippen LogP contribution is 2.21. The summed E-state index contributed by atoms with van der Waals surface area (Å²) in [5.74, 6) is -0.0776. The van der Waals surface area contributed by atoms with Crippen LogP contribution in [0.3, 0.4) is 0 Å². The molecule has 0 unspecified atom stereocenters. The average Bonchev–Trinajstić information content (AvgIpc) is 2.58. The van der Waals surface area contributed by atoms with Crippen molar-refractivity contribution in [2.24, 2.45) is 0 Å². The van der Waals surface area contributed by atoms with Gasteiger partial charge in [0.1, 0.15) is 11.2 Å². The fourth-order valence-electron chi connectivity index (χ4n) is 2.89. The standard InChI is InChI=1S/C22H30N2O5/c1-15-13-20(26)28-18-14-16(10-11-17(15)18)24-19(25)9-7-5-6-8-12-23-21(27)29-22(2,3)4/h10-11,13-14H,5-9,12H2,1-4H3,(H,23,27)(H,24,25). The fraction of sp³-hybridized carbons (Fsp3) is 0.500. The van der Waals surface area contributed by atoms with Gasteiger partial charge in [-0.25, -0.2) is 9.59 Å². The van der Waals surface area contributed by atoms with Crippen molar-refractivity contribution in [3.05, 3.63) is 40.2 Å². The van der Waals surface area contributed by atoms with Crippen LogP contribution in [0.1, 0.15) is 58.4 Å². The van der Waals surface area contributed by atoms with E-state index in [4.69, 9.17) is 9.15 Å². The first kappa shape index (κ1) is 22.5. The zero-order valence-corrected chi connectivity index (χ0v) is 17.6. The summed E-state index contributed by atoms with van der Waals surface area (Å²) in [6.07, 6.45) is 3.43. The van der Waals surface area contributed by atoms with E-state index in [1.807, 2.05) is 33.8 Å². The SMILES string of the molecule is Cc1cc(=O)oc2cc(NC(=O)CCCCCCNC(=O)OC(C)(C)C)ccc12. The molecule has 0 bridgehead atoms. The van der Waals surface area contributed by atoms with Crippen molar-refractivity contribution in [3.8, 4) is 0 Å². The lowest BCUT2D eigenvalue weighted by atomic mass is 10.1. The molecule has 0 atom stereocenters. The summed E-state index contributed by atoms with van der Waals surface area (Å²) in [5.41, 5.74) is 1.02. The maximum atomic E-state index is 12.1. The number of alkyl carbamates (subject to hydrolysis) is 1. The Bertz CT molecular complexity index is 912. The van der Waals surface area contributed by atoms with Gasteiger partial charge in [-0.2, -0.15) is 0 Å². The van der Waals surface area contributed by atoms with Crippen molar-refractivity contribution in [1.29, 1.82) is 0 Å². The molecule has 0 saturated carbocycles. The van der Waals surface area contributed by atoms with Crippen molar-refractivity contribution < 1.29 is 18.7 Å². The molecule has 1 aromatic carbocycles. The highest BCUT2D eigenvalue weighted by Gasteiger charge is 2.15. The largest absolute Gasteiger partial charge is 0.444 e. The first-order valence-electron chi connectivity index (χ1n) is 9.95. The maximum Gasteiger partial charge on any atom is 0.407 e. The molecule has 7 heteroatoms. The minimum atomic E-state index is -0.493. The predicted molar refractivity (Wildman–Crippen MR) is 113 cm³/mol. The number of benzene rings is 1. The monoisotopic (exact) mass is 402 g/mol. The van der Waals surface area contributed by atoms with Crippen molar-refractivity contribution in [2.45, 2.75) is 65.4 Å². The van der Waals surface area contributed by atoms with Crippen LogP contribution in [-0.2, 0) is 9.53 Å². The molecule has 1 heterocycles. The Kier molecular flexibility index (Phi) is 7.82. The van der Waals surface area contributed by atoms with E-state index in [-0.39, 0.29) is 5.91 Å². The topological polar surface area (TPSA) is 97.6 Å². The number of carbonyl (C=O) groups excluding carboxylic acids is 2. The third-order valence-corrected chi connectivity index (χ3v) is 4.23. The van der Waals surface area contributed by atoms with Crippen LogP contribution < -0.4 is 16.3 Å². The van der Waals surface area contributed by atoms with Gasteiger partial charge in [0.25, 0.3) is 0 Å². The number of aryl methyl sites for hydroxylation is 1. The molecule has 0 fully saturated rings. The van der Waals surface area contributed by atoms with Crippen LogP contribution in [0.5, 0.6) is 0 Å². The number of hydrogen-bond donors (Lipinski definition) is 2. The van der Waals surface area contributed by atoms with Crippen molar-refractivity contribution in [1.82, 2.24) is 5.32 Å². The van der Waals surface area contributed by atoms with Crippen molar-refractivity contribution in [3.63, 3.8) is 0 Å². The van der Waals surface area contributed by atoms with Gasteiger partial charge in [-0.1, -0.05) is 12.8 Å². The third kappa shape index (κ3) is 7.97. The van der Waals surface area contributed by atoms with Crippen LogP contribution in [0.25, 0.3) is 11.0 Å². The molecule has 7 nitrogen and oxygen atoms in total. The lowest BCUT2D eigenvalue weighted by molar-refractivity contribution is -0.116. The number of hydrogen-bond acceptors (Lipinski definition) is 5. The second-order valence-corrected chi connectivity index (χ2v) is 8.10. The van der Waals surface area contributed by atoms with E-state index in [9.17, 15) is 14.4 Å². The van der Waals surface area contributed by atoms with Crippen LogP contribution in [-0.4, -0.2) is 24.1 Å². The molecule has 29 heavy (non-hydrogen) atoms. The average molecular weight is 402 g/mol. The number of carbonyl (C=O) groups is 2. The fourth-order valence-corrected chi connectivity index (χ4v) is 2.89. The lowest BCUT2D eigenvalue weighted by Gasteiger charge is -2.19. The molecule has 158 valence electrons. The molecule has 2 N–H and O–H groups in total. The molecule has 0 aliphatic rings. The molecule has 0 spiro atoms. The Hall–Kier alpha value is -2.83. The van der Waals surface area contributed by atoms with Crippen LogP contribution >= 0.6 is 0 Å². The van der Waals surface area contributed by atoms with E-state index in [0.717, 1.165) is 36.6 Å². The van der Waals surface area contributed by atoms with E-state index in [1.165, 1.54) is 6.07 Å².